The first-order valence-corrected chi connectivity index (χ1v) is 6.99. The zero-order chi connectivity index (χ0) is 12.8. The highest BCUT2D eigenvalue weighted by Crippen LogP contribution is 2.36. The van der Waals surface area contributed by atoms with Crippen LogP contribution in [0.4, 0.5) is 0 Å². The fourth-order valence-corrected chi connectivity index (χ4v) is 1.90. The molecule has 0 unspecified atom stereocenters. The van der Waals surface area contributed by atoms with Gasteiger partial charge in [-0.1, -0.05) is 20.8 Å². The molecule has 0 aliphatic heterocycles. The summed E-state index contributed by atoms with van der Waals surface area (Å²) in [5, 5.41) is 0. The molecule has 1 aromatic carbocycles. The van der Waals surface area contributed by atoms with Gasteiger partial charge in [0.05, 0.1) is 12.2 Å². The molecule has 0 radical (unpaired) electrons. The van der Waals surface area contributed by atoms with Crippen molar-refractivity contribution in [3.8, 4) is 11.5 Å². The van der Waals surface area contributed by atoms with Crippen LogP contribution in [0.5, 0.6) is 11.5 Å². The Bertz CT molecular complexity index is 405. The fourth-order valence-electron chi connectivity index (χ4n) is 1.90. The maximum absolute atomic E-state index is 5.92. The Kier molecular flexibility index (Phi) is 2.76. The zero-order valence-electron chi connectivity index (χ0n) is 11.5. The van der Waals surface area contributed by atoms with Gasteiger partial charge in [0.25, 0.3) is 0 Å². The molecule has 0 bridgehead atoms. The standard InChI is InChI=1S/C16H22O2/c1-16(2,3)11-8-14(17-12-4-5-12)10-15(9-11)18-13-6-7-13/h8-10,12-13H,4-7H2,1-3H3. The van der Waals surface area contributed by atoms with Gasteiger partial charge in [-0.2, -0.15) is 0 Å². The normalized spacial score (nSPS) is 19.7. The van der Waals surface area contributed by atoms with E-state index in [1.165, 1.54) is 31.2 Å². The molecule has 2 aliphatic rings. The van der Waals surface area contributed by atoms with Gasteiger partial charge < -0.3 is 9.47 Å². The Hall–Kier alpha value is -1.18. The van der Waals surface area contributed by atoms with Crippen LogP contribution < -0.4 is 9.47 Å². The van der Waals surface area contributed by atoms with Crippen LogP contribution in [0.1, 0.15) is 52.0 Å². The molecule has 3 rings (SSSR count). The third-order valence-electron chi connectivity index (χ3n) is 3.40. The molecule has 2 nitrogen and oxygen atoms in total. The molecular formula is C16H22O2. The summed E-state index contributed by atoms with van der Waals surface area (Å²) in [6, 6.07) is 6.38. The van der Waals surface area contributed by atoms with E-state index < -0.39 is 0 Å². The molecule has 2 heteroatoms. The van der Waals surface area contributed by atoms with Gasteiger partial charge in [0.1, 0.15) is 11.5 Å². The zero-order valence-corrected chi connectivity index (χ0v) is 11.5. The molecular weight excluding hydrogens is 224 g/mol. The lowest BCUT2D eigenvalue weighted by Crippen LogP contribution is -2.12. The minimum atomic E-state index is 0.130. The summed E-state index contributed by atoms with van der Waals surface area (Å²) in [6.45, 7) is 6.68. The maximum atomic E-state index is 5.92. The topological polar surface area (TPSA) is 18.5 Å². The van der Waals surface area contributed by atoms with Gasteiger partial charge in [0, 0.05) is 6.07 Å². The lowest BCUT2D eigenvalue weighted by molar-refractivity contribution is 0.286. The SMILES string of the molecule is CC(C)(C)c1cc(OC2CC2)cc(OC2CC2)c1. The minimum absolute atomic E-state index is 0.130. The predicted octanol–water partition coefficient (Wildman–Crippen LogP) is 4.07. The fraction of sp³-hybridized carbons (Fsp3) is 0.625. The monoisotopic (exact) mass is 246 g/mol. The number of rotatable bonds is 4. The van der Waals surface area contributed by atoms with Crippen LogP contribution in [-0.4, -0.2) is 12.2 Å². The maximum Gasteiger partial charge on any atom is 0.123 e. The summed E-state index contributed by atoms with van der Waals surface area (Å²) in [5.41, 5.74) is 1.42. The summed E-state index contributed by atoms with van der Waals surface area (Å²) < 4.78 is 11.8. The van der Waals surface area contributed by atoms with Gasteiger partial charge in [-0.05, 0) is 48.8 Å². The van der Waals surface area contributed by atoms with E-state index in [-0.39, 0.29) is 5.41 Å². The van der Waals surface area contributed by atoms with Gasteiger partial charge in [-0.25, -0.2) is 0 Å². The van der Waals surface area contributed by atoms with E-state index in [0.717, 1.165) is 11.5 Å². The highest BCUT2D eigenvalue weighted by molar-refractivity contribution is 5.41. The van der Waals surface area contributed by atoms with E-state index in [1.54, 1.807) is 0 Å². The molecule has 0 atom stereocenters. The van der Waals surface area contributed by atoms with Gasteiger partial charge in [-0.15, -0.1) is 0 Å². The van der Waals surface area contributed by atoms with Crippen molar-refractivity contribution in [2.24, 2.45) is 0 Å². The van der Waals surface area contributed by atoms with Crippen LogP contribution >= 0.6 is 0 Å². The van der Waals surface area contributed by atoms with Crippen LogP contribution in [0.25, 0.3) is 0 Å². The van der Waals surface area contributed by atoms with Gasteiger partial charge in [0.2, 0.25) is 0 Å². The average molecular weight is 246 g/mol. The van der Waals surface area contributed by atoms with E-state index >= 15 is 0 Å². The molecule has 0 amide bonds. The van der Waals surface area contributed by atoms with Crippen molar-refractivity contribution < 1.29 is 9.47 Å². The second-order valence-corrected chi connectivity index (χ2v) is 6.58. The van der Waals surface area contributed by atoms with E-state index in [0.29, 0.717) is 12.2 Å². The smallest absolute Gasteiger partial charge is 0.123 e. The van der Waals surface area contributed by atoms with E-state index in [1.807, 2.05) is 6.07 Å². The molecule has 0 N–H and O–H groups in total. The molecule has 2 saturated carbocycles. The number of hydrogen-bond acceptors (Lipinski definition) is 2. The minimum Gasteiger partial charge on any atom is -0.490 e. The Labute approximate surface area is 109 Å². The van der Waals surface area contributed by atoms with Gasteiger partial charge >= 0.3 is 0 Å². The summed E-state index contributed by atoms with van der Waals surface area (Å²) in [5.74, 6) is 1.95. The van der Waals surface area contributed by atoms with Crippen LogP contribution in [0.3, 0.4) is 0 Å². The number of benzene rings is 1. The van der Waals surface area contributed by atoms with E-state index in [2.05, 4.69) is 32.9 Å². The first kappa shape index (κ1) is 11.9. The second kappa shape index (κ2) is 4.18. The first-order valence-electron chi connectivity index (χ1n) is 6.99. The predicted molar refractivity (Wildman–Crippen MR) is 72.4 cm³/mol. The van der Waals surface area contributed by atoms with Crippen molar-refractivity contribution in [3.63, 3.8) is 0 Å². The van der Waals surface area contributed by atoms with Crippen molar-refractivity contribution in [1.82, 2.24) is 0 Å². The number of hydrogen-bond donors (Lipinski definition) is 0. The molecule has 2 aliphatic carbocycles. The molecule has 0 spiro atoms. The summed E-state index contributed by atoms with van der Waals surface area (Å²) in [4.78, 5) is 0. The molecule has 2 fully saturated rings. The van der Waals surface area contributed by atoms with Crippen molar-refractivity contribution in [1.29, 1.82) is 0 Å². The van der Waals surface area contributed by atoms with E-state index in [4.69, 9.17) is 9.47 Å². The van der Waals surface area contributed by atoms with Crippen molar-refractivity contribution in [3.05, 3.63) is 23.8 Å². The highest BCUT2D eigenvalue weighted by atomic mass is 16.5. The van der Waals surface area contributed by atoms with Crippen LogP contribution in [0.15, 0.2) is 18.2 Å². The first-order chi connectivity index (χ1) is 8.50. The van der Waals surface area contributed by atoms with Crippen LogP contribution in [0, 0.1) is 0 Å². The van der Waals surface area contributed by atoms with Crippen LogP contribution in [-0.2, 0) is 5.41 Å². The highest BCUT2D eigenvalue weighted by Gasteiger charge is 2.27. The third kappa shape index (κ3) is 2.98. The van der Waals surface area contributed by atoms with Crippen LogP contribution in [0.2, 0.25) is 0 Å². The lowest BCUT2D eigenvalue weighted by atomic mass is 9.87. The summed E-state index contributed by atoms with van der Waals surface area (Å²) in [7, 11) is 0. The van der Waals surface area contributed by atoms with Gasteiger partial charge in [-0.3, -0.25) is 0 Å². The van der Waals surface area contributed by atoms with Crippen molar-refractivity contribution >= 4 is 0 Å². The number of ether oxygens (including phenoxy) is 2. The van der Waals surface area contributed by atoms with Gasteiger partial charge in [0.15, 0.2) is 0 Å². The molecule has 0 heterocycles. The average Bonchev–Trinajstić information content (AvgIpc) is 3.12. The molecule has 98 valence electrons. The molecule has 0 aromatic heterocycles. The Morgan fingerprint density at radius 3 is 1.61 bits per heavy atom. The molecule has 18 heavy (non-hydrogen) atoms. The Morgan fingerprint density at radius 2 is 1.28 bits per heavy atom. The Balaban J connectivity index is 1.86. The quantitative estimate of drug-likeness (QED) is 0.797. The summed E-state index contributed by atoms with van der Waals surface area (Å²) >= 11 is 0. The molecule has 0 saturated heterocycles. The second-order valence-electron chi connectivity index (χ2n) is 6.58. The summed E-state index contributed by atoms with van der Waals surface area (Å²) in [6.07, 6.45) is 5.65. The van der Waals surface area contributed by atoms with E-state index in [9.17, 15) is 0 Å². The largest absolute Gasteiger partial charge is 0.490 e. The Morgan fingerprint density at radius 1 is 0.833 bits per heavy atom. The molecule has 1 aromatic rings. The third-order valence-corrected chi connectivity index (χ3v) is 3.40. The van der Waals surface area contributed by atoms with Crippen molar-refractivity contribution in [2.45, 2.75) is 64.1 Å². The van der Waals surface area contributed by atoms with Crippen molar-refractivity contribution in [2.75, 3.05) is 0 Å². The lowest BCUT2D eigenvalue weighted by Gasteiger charge is -2.21.